The highest BCUT2D eigenvalue weighted by Gasteiger charge is 2.37. The Bertz CT molecular complexity index is 954. The van der Waals surface area contributed by atoms with Gasteiger partial charge in [0.05, 0.1) is 5.39 Å². The van der Waals surface area contributed by atoms with Crippen molar-refractivity contribution in [1.29, 1.82) is 0 Å². The van der Waals surface area contributed by atoms with E-state index in [-0.39, 0.29) is 23.7 Å². The van der Waals surface area contributed by atoms with Gasteiger partial charge in [-0.25, -0.2) is 8.78 Å². The molecule has 4 atom stereocenters. The molecule has 2 aliphatic carbocycles. The van der Waals surface area contributed by atoms with Gasteiger partial charge in [-0.15, -0.1) is 0 Å². The van der Waals surface area contributed by atoms with E-state index in [1.165, 1.54) is 57.1 Å². The molecule has 0 aliphatic heterocycles. The summed E-state index contributed by atoms with van der Waals surface area (Å²) in [6.45, 7) is 5.83. The summed E-state index contributed by atoms with van der Waals surface area (Å²) in [6.07, 6.45) is 13.6. The minimum atomic E-state index is -1.16. The quantitative estimate of drug-likeness (QED) is 0.292. The number of fused-ring (bicyclic) bond motifs is 2. The number of halogens is 3. The van der Waals surface area contributed by atoms with E-state index >= 15 is 4.39 Å². The summed E-state index contributed by atoms with van der Waals surface area (Å²) in [6, 6.07) is 4.85. The molecule has 0 spiro atoms. The van der Waals surface area contributed by atoms with E-state index in [2.05, 4.69) is 13.5 Å². The zero-order chi connectivity index (χ0) is 22.7. The second-order valence-corrected chi connectivity index (χ2v) is 9.87. The Labute approximate surface area is 190 Å². The number of benzene rings is 2. The molecule has 2 unspecified atom stereocenters. The molecule has 4 rings (SSSR count). The number of hydrogen-bond acceptors (Lipinski definition) is 1. The minimum Gasteiger partial charge on any atom is -0.486 e. The summed E-state index contributed by atoms with van der Waals surface area (Å²) in [7, 11) is 0. The Balaban J connectivity index is 1.51. The van der Waals surface area contributed by atoms with Crippen molar-refractivity contribution in [2.24, 2.45) is 17.8 Å². The van der Waals surface area contributed by atoms with Gasteiger partial charge < -0.3 is 4.74 Å². The topological polar surface area (TPSA) is 9.23 Å². The third-order valence-electron chi connectivity index (χ3n) is 7.85. The van der Waals surface area contributed by atoms with Crippen molar-refractivity contribution in [2.45, 2.75) is 77.0 Å². The van der Waals surface area contributed by atoms with Gasteiger partial charge in [-0.2, -0.15) is 4.39 Å². The molecule has 1 nitrogen and oxygen atoms in total. The van der Waals surface area contributed by atoms with Crippen molar-refractivity contribution < 1.29 is 17.9 Å². The van der Waals surface area contributed by atoms with Gasteiger partial charge in [0.25, 0.3) is 0 Å². The van der Waals surface area contributed by atoms with Crippen LogP contribution < -0.4 is 4.74 Å². The molecule has 174 valence electrons. The van der Waals surface area contributed by atoms with Gasteiger partial charge >= 0.3 is 0 Å². The molecule has 2 aromatic rings. The van der Waals surface area contributed by atoms with E-state index in [1.807, 2.05) is 0 Å². The van der Waals surface area contributed by atoms with Crippen LogP contribution in [-0.4, -0.2) is 6.61 Å². The highest BCUT2D eigenvalue weighted by atomic mass is 19.2. The van der Waals surface area contributed by atoms with Crippen molar-refractivity contribution in [3.05, 3.63) is 53.9 Å². The fourth-order valence-electron chi connectivity index (χ4n) is 6.16. The zero-order valence-corrected chi connectivity index (χ0v) is 19.1. The average molecular weight is 445 g/mol. The molecule has 0 N–H and O–H groups in total. The van der Waals surface area contributed by atoms with E-state index < -0.39 is 17.5 Å². The number of unbranched alkanes of at least 4 members (excludes halogenated alkanes) is 2. The second kappa shape index (κ2) is 10.3. The predicted molar refractivity (Wildman–Crippen MR) is 125 cm³/mol. The molecule has 0 aromatic heterocycles. The van der Waals surface area contributed by atoms with E-state index in [4.69, 9.17) is 4.74 Å². The second-order valence-electron chi connectivity index (χ2n) is 9.87. The lowest BCUT2D eigenvalue weighted by Gasteiger charge is -2.42. The van der Waals surface area contributed by atoms with Crippen LogP contribution in [0.15, 0.2) is 30.9 Å². The van der Waals surface area contributed by atoms with Crippen LogP contribution in [0.1, 0.15) is 82.6 Å². The Kier molecular flexibility index (Phi) is 7.48. The first-order valence-electron chi connectivity index (χ1n) is 12.4. The molecule has 4 heteroatoms. The maximum absolute atomic E-state index is 15.5. The van der Waals surface area contributed by atoms with Crippen LogP contribution in [0.25, 0.3) is 10.8 Å². The summed E-state index contributed by atoms with van der Waals surface area (Å²) >= 11 is 0. The van der Waals surface area contributed by atoms with Gasteiger partial charge in [0.2, 0.25) is 5.82 Å². The molecule has 2 saturated carbocycles. The van der Waals surface area contributed by atoms with Crippen LogP contribution in [0, 0.1) is 35.2 Å². The van der Waals surface area contributed by atoms with E-state index in [9.17, 15) is 8.78 Å². The lowest BCUT2D eigenvalue weighted by atomic mass is 9.63. The predicted octanol–water partition coefficient (Wildman–Crippen LogP) is 8.70. The van der Waals surface area contributed by atoms with Crippen LogP contribution in [0.5, 0.6) is 5.75 Å². The SMILES string of the molecule is C=CCOc1cc2ccc([C@@H]3CC[C@@H]4CC(CCCCC)CCC4C3)c(F)c2c(F)c1F. The van der Waals surface area contributed by atoms with Crippen molar-refractivity contribution in [3.63, 3.8) is 0 Å². The first-order chi connectivity index (χ1) is 15.5. The summed E-state index contributed by atoms with van der Waals surface area (Å²) in [4.78, 5) is 0. The van der Waals surface area contributed by atoms with Crippen molar-refractivity contribution in [3.8, 4) is 5.75 Å². The lowest BCUT2D eigenvalue weighted by molar-refractivity contribution is 0.112. The monoisotopic (exact) mass is 444 g/mol. The standard InChI is InChI=1S/C28H35F3O/c1-3-5-6-7-18-8-9-20-16-21(11-10-19(20)15-18)23-13-12-22-17-24(32-14-4-2)27(30)28(31)25(22)26(23)29/h4,12-13,17-21H,2-3,5-11,14-16H2,1H3/t18?,19-,20?,21-/m1/s1. The van der Waals surface area contributed by atoms with Crippen LogP contribution in [-0.2, 0) is 0 Å². The smallest absolute Gasteiger partial charge is 0.201 e. The van der Waals surface area contributed by atoms with Crippen LogP contribution >= 0.6 is 0 Å². The van der Waals surface area contributed by atoms with Gasteiger partial charge in [-0.3, -0.25) is 0 Å². The maximum Gasteiger partial charge on any atom is 0.201 e. The fraction of sp³-hybridized carbons (Fsp3) is 0.571. The summed E-state index contributed by atoms with van der Waals surface area (Å²) < 4.78 is 50.0. The normalized spacial score (nSPS) is 25.5. The van der Waals surface area contributed by atoms with Crippen molar-refractivity contribution in [2.75, 3.05) is 6.61 Å². The molecule has 2 aromatic carbocycles. The third-order valence-corrected chi connectivity index (χ3v) is 7.85. The number of ether oxygens (including phenoxy) is 1. The van der Waals surface area contributed by atoms with Gasteiger partial charge in [0.1, 0.15) is 12.4 Å². The van der Waals surface area contributed by atoms with E-state index in [0.29, 0.717) is 16.9 Å². The minimum absolute atomic E-state index is 0.0620. The number of rotatable bonds is 8. The van der Waals surface area contributed by atoms with Crippen LogP contribution in [0.4, 0.5) is 13.2 Å². The third kappa shape index (κ3) is 4.70. The maximum atomic E-state index is 15.5. The lowest BCUT2D eigenvalue weighted by Crippen LogP contribution is -2.30. The Hall–Kier alpha value is -1.97. The largest absolute Gasteiger partial charge is 0.486 e. The Morgan fingerprint density at radius 2 is 1.75 bits per heavy atom. The highest BCUT2D eigenvalue weighted by Crippen LogP contribution is 2.49. The van der Waals surface area contributed by atoms with Crippen molar-refractivity contribution >= 4 is 10.8 Å². The molecule has 0 radical (unpaired) electrons. The molecule has 32 heavy (non-hydrogen) atoms. The van der Waals surface area contributed by atoms with E-state index in [0.717, 1.165) is 31.1 Å². The molecule has 0 saturated heterocycles. The van der Waals surface area contributed by atoms with Gasteiger partial charge in [-0.05, 0) is 72.8 Å². The average Bonchev–Trinajstić information content (AvgIpc) is 2.80. The van der Waals surface area contributed by atoms with Gasteiger partial charge in [0.15, 0.2) is 11.6 Å². The van der Waals surface area contributed by atoms with Crippen LogP contribution in [0.3, 0.4) is 0 Å². The molecule has 2 aliphatic rings. The van der Waals surface area contributed by atoms with E-state index in [1.54, 1.807) is 12.1 Å². The van der Waals surface area contributed by atoms with Gasteiger partial charge in [-0.1, -0.05) is 63.8 Å². The first-order valence-corrected chi connectivity index (χ1v) is 12.4. The van der Waals surface area contributed by atoms with Gasteiger partial charge in [0, 0.05) is 0 Å². The zero-order valence-electron chi connectivity index (χ0n) is 19.1. The highest BCUT2D eigenvalue weighted by molar-refractivity contribution is 5.86. The molecule has 0 amide bonds. The number of hydrogen-bond donors (Lipinski definition) is 0. The Morgan fingerprint density at radius 3 is 2.53 bits per heavy atom. The molecular formula is C28H35F3O. The summed E-state index contributed by atoms with van der Waals surface area (Å²) in [5, 5.41) is 0.0678. The summed E-state index contributed by atoms with van der Waals surface area (Å²) in [5.41, 5.74) is 0.541. The molecule has 2 fully saturated rings. The molecule has 0 bridgehead atoms. The molecular weight excluding hydrogens is 409 g/mol. The first kappa shape index (κ1) is 23.2. The summed E-state index contributed by atoms with van der Waals surface area (Å²) in [5.74, 6) is -0.814. The van der Waals surface area contributed by atoms with Crippen molar-refractivity contribution in [1.82, 2.24) is 0 Å². The fourth-order valence-corrected chi connectivity index (χ4v) is 6.16. The molecule has 0 heterocycles. The Morgan fingerprint density at radius 1 is 0.969 bits per heavy atom. The van der Waals surface area contributed by atoms with Crippen LogP contribution in [0.2, 0.25) is 0 Å².